The molecule has 4 rings (SSSR count). The van der Waals surface area contributed by atoms with E-state index in [1.807, 2.05) is 0 Å². The standard InChI is InChI=1S/C30H28F3N7O7S/c1-4-25(41)36-16-17-8-10-18(11-9-17)28(42)37-19-14-21(26(46-3)23(15-19)45-2)39-29-35-13-12-24(40-29)38-20-6-5-7-22(47-30(31,32)33)27(20)48(34,43)44/h4-15H,1,16H2,2-3H3,(H,36,41)(H,37,42)(H2,34,43,44)(H2,35,38,39,40). The number of benzene rings is 3. The second-order valence-corrected chi connectivity index (χ2v) is 11.1. The number of halogens is 3. The summed E-state index contributed by atoms with van der Waals surface area (Å²) in [5, 5.41) is 16.2. The first-order chi connectivity index (χ1) is 22.7. The van der Waals surface area contributed by atoms with Crippen LogP contribution in [0.2, 0.25) is 0 Å². The van der Waals surface area contributed by atoms with Gasteiger partial charge in [-0.25, -0.2) is 18.5 Å². The summed E-state index contributed by atoms with van der Waals surface area (Å²) >= 11 is 0. The van der Waals surface area contributed by atoms with Gasteiger partial charge < -0.3 is 35.5 Å². The van der Waals surface area contributed by atoms with Crippen LogP contribution in [-0.2, 0) is 21.4 Å². The fraction of sp³-hybridized carbons (Fsp3) is 0.133. The molecule has 0 spiro atoms. The lowest BCUT2D eigenvalue weighted by Crippen LogP contribution is -2.22. The number of hydrogen-bond acceptors (Lipinski definition) is 11. The minimum atomic E-state index is -5.19. The summed E-state index contributed by atoms with van der Waals surface area (Å²) in [6.45, 7) is 3.65. The number of ether oxygens (including phenoxy) is 3. The number of rotatable bonds is 13. The van der Waals surface area contributed by atoms with Gasteiger partial charge in [-0.15, -0.1) is 13.2 Å². The number of nitrogens with two attached hydrogens (primary N) is 1. The van der Waals surface area contributed by atoms with Crippen molar-refractivity contribution in [3.8, 4) is 17.2 Å². The quantitative estimate of drug-likeness (QED) is 0.123. The van der Waals surface area contributed by atoms with Gasteiger partial charge in [0.05, 0.1) is 25.6 Å². The molecule has 0 fully saturated rings. The zero-order valence-corrected chi connectivity index (χ0v) is 26.0. The highest BCUT2D eigenvalue weighted by Crippen LogP contribution is 2.40. The predicted octanol–water partition coefficient (Wildman–Crippen LogP) is 4.58. The Morgan fingerprint density at radius 1 is 0.979 bits per heavy atom. The molecule has 0 unspecified atom stereocenters. The number of carbonyl (C=O) groups is 2. The summed E-state index contributed by atoms with van der Waals surface area (Å²) in [5.74, 6) is -1.50. The first kappa shape index (κ1) is 35.0. The molecule has 0 saturated carbocycles. The Bertz CT molecular complexity index is 1940. The van der Waals surface area contributed by atoms with E-state index in [2.05, 4.69) is 42.6 Å². The van der Waals surface area contributed by atoms with Gasteiger partial charge in [0.15, 0.2) is 17.2 Å². The van der Waals surface area contributed by atoms with Crippen molar-refractivity contribution in [2.45, 2.75) is 17.8 Å². The van der Waals surface area contributed by atoms with E-state index < -0.39 is 32.9 Å². The number of sulfonamides is 1. The third kappa shape index (κ3) is 9.10. The molecule has 252 valence electrons. The van der Waals surface area contributed by atoms with Crippen LogP contribution in [0, 0.1) is 0 Å². The Balaban J connectivity index is 1.59. The molecule has 1 heterocycles. The van der Waals surface area contributed by atoms with Crippen LogP contribution in [0.15, 0.2) is 84.4 Å². The van der Waals surface area contributed by atoms with Crippen molar-refractivity contribution in [3.63, 3.8) is 0 Å². The lowest BCUT2D eigenvalue weighted by molar-refractivity contribution is -0.275. The van der Waals surface area contributed by atoms with E-state index in [9.17, 15) is 31.2 Å². The maximum atomic E-state index is 13.0. The second kappa shape index (κ2) is 14.7. The molecular weight excluding hydrogens is 659 g/mol. The fourth-order valence-corrected chi connectivity index (χ4v) is 5.04. The minimum absolute atomic E-state index is 0.0375. The molecule has 14 nitrogen and oxygen atoms in total. The van der Waals surface area contributed by atoms with E-state index in [4.69, 9.17) is 14.6 Å². The van der Waals surface area contributed by atoms with Gasteiger partial charge in [0.1, 0.15) is 10.7 Å². The number of anilines is 5. The van der Waals surface area contributed by atoms with Crippen molar-refractivity contribution in [2.75, 3.05) is 30.2 Å². The van der Waals surface area contributed by atoms with Crippen LogP contribution >= 0.6 is 0 Å². The number of nitrogens with one attached hydrogen (secondary N) is 4. The summed E-state index contributed by atoms with van der Waals surface area (Å²) < 4.78 is 78.1. The highest BCUT2D eigenvalue weighted by atomic mass is 32.2. The third-order valence-electron chi connectivity index (χ3n) is 6.26. The third-order valence-corrected chi connectivity index (χ3v) is 7.25. The number of hydrogen-bond donors (Lipinski definition) is 5. The van der Waals surface area contributed by atoms with E-state index in [0.717, 1.165) is 23.8 Å². The molecule has 0 saturated heterocycles. The Hall–Kier alpha value is -5.88. The van der Waals surface area contributed by atoms with Crippen LogP contribution < -0.4 is 40.6 Å². The molecule has 0 aliphatic rings. The number of alkyl halides is 3. The number of amides is 2. The van der Waals surface area contributed by atoms with Crippen LogP contribution in [0.4, 0.5) is 42.0 Å². The smallest absolute Gasteiger partial charge is 0.493 e. The molecule has 0 atom stereocenters. The molecule has 3 aromatic carbocycles. The second-order valence-electron chi connectivity index (χ2n) is 9.57. The van der Waals surface area contributed by atoms with Crippen molar-refractivity contribution in [2.24, 2.45) is 5.14 Å². The van der Waals surface area contributed by atoms with Crippen LogP contribution in [0.25, 0.3) is 0 Å². The average Bonchev–Trinajstić information content (AvgIpc) is 3.02. The van der Waals surface area contributed by atoms with E-state index in [1.54, 1.807) is 24.3 Å². The highest BCUT2D eigenvalue weighted by molar-refractivity contribution is 7.89. The van der Waals surface area contributed by atoms with Gasteiger partial charge in [-0.3, -0.25) is 9.59 Å². The molecule has 0 radical (unpaired) electrons. The first-order valence-corrected chi connectivity index (χ1v) is 15.1. The molecule has 0 aliphatic carbocycles. The summed E-state index contributed by atoms with van der Waals surface area (Å²) in [5.41, 5.74) is 1.27. The Morgan fingerprint density at radius 3 is 2.33 bits per heavy atom. The topological polar surface area (TPSA) is 196 Å². The zero-order chi connectivity index (χ0) is 35.1. The minimum Gasteiger partial charge on any atom is -0.493 e. The summed E-state index contributed by atoms with van der Waals surface area (Å²) in [6, 6.07) is 14.0. The molecule has 0 bridgehead atoms. The maximum Gasteiger partial charge on any atom is 0.573 e. The summed E-state index contributed by atoms with van der Waals surface area (Å²) in [6.07, 6.45) is -2.75. The molecule has 0 aliphatic heterocycles. The highest BCUT2D eigenvalue weighted by Gasteiger charge is 2.34. The number of methoxy groups -OCH3 is 2. The van der Waals surface area contributed by atoms with Crippen LogP contribution in [0.1, 0.15) is 15.9 Å². The molecule has 18 heteroatoms. The van der Waals surface area contributed by atoms with E-state index in [0.29, 0.717) is 5.56 Å². The van der Waals surface area contributed by atoms with Crippen LogP contribution in [0.3, 0.4) is 0 Å². The molecule has 2 amide bonds. The van der Waals surface area contributed by atoms with E-state index in [1.165, 1.54) is 44.7 Å². The Morgan fingerprint density at radius 2 is 1.71 bits per heavy atom. The van der Waals surface area contributed by atoms with E-state index >= 15 is 0 Å². The van der Waals surface area contributed by atoms with Crippen LogP contribution in [-0.4, -0.2) is 50.8 Å². The number of nitrogens with zero attached hydrogens (tertiary/aromatic N) is 2. The Labute approximate surface area is 272 Å². The van der Waals surface area contributed by atoms with Crippen molar-refractivity contribution in [1.82, 2.24) is 15.3 Å². The lowest BCUT2D eigenvalue weighted by atomic mass is 10.1. The number of carbonyl (C=O) groups excluding carboxylic acids is 2. The van der Waals surface area contributed by atoms with Crippen molar-refractivity contribution < 1.29 is 45.4 Å². The van der Waals surface area contributed by atoms with Crippen molar-refractivity contribution in [1.29, 1.82) is 0 Å². The van der Waals surface area contributed by atoms with Crippen LogP contribution in [0.5, 0.6) is 17.2 Å². The van der Waals surface area contributed by atoms with Gasteiger partial charge in [0.2, 0.25) is 21.9 Å². The Kier molecular flexibility index (Phi) is 10.7. The van der Waals surface area contributed by atoms with E-state index in [-0.39, 0.29) is 52.8 Å². The zero-order valence-electron chi connectivity index (χ0n) is 25.2. The summed E-state index contributed by atoms with van der Waals surface area (Å²) in [4.78, 5) is 31.9. The molecule has 48 heavy (non-hydrogen) atoms. The molecule has 6 N–H and O–H groups in total. The largest absolute Gasteiger partial charge is 0.573 e. The fourth-order valence-electron chi connectivity index (χ4n) is 4.23. The lowest BCUT2D eigenvalue weighted by Gasteiger charge is -2.17. The summed E-state index contributed by atoms with van der Waals surface area (Å²) in [7, 11) is -1.94. The molecular formula is C30H28F3N7O7S. The monoisotopic (exact) mass is 687 g/mol. The van der Waals surface area contributed by atoms with Crippen molar-refractivity contribution >= 4 is 50.7 Å². The first-order valence-electron chi connectivity index (χ1n) is 13.6. The van der Waals surface area contributed by atoms with Gasteiger partial charge >= 0.3 is 6.36 Å². The van der Waals surface area contributed by atoms with Gasteiger partial charge in [-0.1, -0.05) is 24.8 Å². The average molecular weight is 688 g/mol. The predicted molar refractivity (Wildman–Crippen MR) is 169 cm³/mol. The molecule has 1 aromatic heterocycles. The molecule has 4 aromatic rings. The number of aromatic nitrogens is 2. The van der Waals surface area contributed by atoms with Gasteiger partial charge in [-0.2, -0.15) is 4.98 Å². The van der Waals surface area contributed by atoms with Gasteiger partial charge in [0.25, 0.3) is 5.91 Å². The van der Waals surface area contributed by atoms with Gasteiger partial charge in [-0.05, 0) is 48.0 Å². The van der Waals surface area contributed by atoms with Crippen molar-refractivity contribution in [3.05, 3.63) is 90.6 Å². The van der Waals surface area contributed by atoms with Gasteiger partial charge in [0, 0.05) is 30.1 Å². The SMILES string of the molecule is C=CC(=O)NCc1ccc(C(=O)Nc2cc(Nc3nccc(Nc4cccc(OC(F)(F)F)c4S(N)(=O)=O)n3)c(OC)c(OC)c2)cc1. The number of primary sulfonamides is 1. The normalized spacial score (nSPS) is 11.2. The maximum absolute atomic E-state index is 13.0.